The molecule has 4 nitrogen and oxygen atoms in total. The summed E-state index contributed by atoms with van der Waals surface area (Å²) in [6.45, 7) is -0.0614. The lowest BCUT2D eigenvalue weighted by Gasteiger charge is -2.33. The normalized spacial score (nSPS) is 26.0. The molecule has 1 heterocycles. The monoisotopic (exact) mass is 354 g/mol. The molecule has 4 rings (SSSR count). The van der Waals surface area contributed by atoms with Crippen molar-refractivity contribution in [2.45, 2.75) is 56.3 Å². The molecular formula is C22H26O4. The zero-order valence-electron chi connectivity index (χ0n) is 14.8. The molecule has 0 spiro atoms. The van der Waals surface area contributed by atoms with E-state index in [9.17, 15) is 15.3 Å². The van der Waals surface area contributed by atoms with Crippen molar-refractivity contribution in [2.75, 3.05) is 6.61 Å². The number of hydrogen-bond donors (Lipinski definition) is 3. The minimum absolute atomic E-state index is 0.0614. The number of ether oxygens (including phenoxy) is 1. The molecule has 0 radical (unpaired) electrons. The number of aromatic hydroxyl groups is 1. The Morgan fingerprint density at radius 2 is 1.77 bits per heavy atom. The zero-order valence-corrected chi connectivity index (χ0v) is 14.8. The molecule has 2 aromatic rings. The van der Waals surface area contributed by atoms with Gasteiger partial charge in [0, 0.05) is 12.8 Å². The third kappa shape index (κ3) is 3.93. The molecule has 26 heavy (non-hydrogen) atoms. The number of aliphatic hydroxyl groups is 2. The van der Waals surface area contributed by atoms with Crippen molar-refractivity contribution in [3.05, 3.63) is 64.7 Å². The quantitative estimate of drug-likeness (QED) is 0.769. The van der Waals surface area contributed by atoms with E-state index in [4.69, 9.17) is 4.74 Å². The molecule has 0 amide bonds. The highest BCUT2D eigenvalue weighted by Crippen LogP contribution is 2.43. The van der Waals surface area contributed by atoms with Crippen LogP contribution >= 0.6 is 0 Å². The molecule has 0 aromatic heterocycles. The molecule has 1 aliphatic heterocycles. The first-order valence-corrected chi connectivity index (χ1v) is 9.47. The maximum Gasteiger partial charge on any atom is 0.115 e. The van der Waals surface area contributed by atoms with Gasteiger partial charge in [-0.2, -0.15) is 0 Å². The number of phenolic OH excluding ortho intramolecular Hbond substituents is 1. The van der Waals surface area contributed by atoms with Crippen molar-refractivity contribution in [1.29, 1.82) is 0 Å². The van der Waals surface area contributed by atoms with Gasteiger partial charge in [0.1, 0.15) is 5.75 Å². The van der Waals surface area contributed by atoms with Gasteiger partial charge in [-0.3, -0.25) is 0 Å². The zero-order chi connectivity index (χ0) is 18.1. The van der Waals surface area contributed by atoms with Crippen LogP contribution in [0.5, 0.6) is 5.75 Å². The summed E-state index contributed by atoms with van der Waals surface area (Å²) in [5.41, 5.74) is 4.93. The molecule has 1 saturated heterocycles. The SMILES string of the molecule is OC[C@@H]1C[C@H](O)CC(c2ccc(C3CC3)c(Cc3ccc(O)cc3)c2)O1. The minimum atomic E-state index is -0.436. The van der Waals surface area contributed by atoms with Crippen LogP contribution in [0.25, 0.3) is 0 Å². The number of benzene rings is 2. The molecule has 4 heteroatoms. The highest BCUT2D eigenvalue weighted by Gasteiger charge is 2.31. The molecule has 1 unspecified atom stereocenters. The summed E-state index contributed by atoms with van der Waals surface area (Å²) in [7, 11) is 0. The lowest BCUT2D eigenvalue weighted by Crippen LogP contribution is -2.33. The van der Waals surface area contributed by atoms with E-state index in [-0.39, 0.29) is 24.6 Å². The second kappa shape index (κ2) is 7.39. The highest BCUT2D eigenvalue weighted by molar-refractivity contribution is 5.41. The van der Waals surface area contributed by atoms with Crippen LogP contribution in [-0.2, 0) is 11.2 Å². The Morgan fingerprint density at radius 3 is 2.46 bits per heavy atom. The van der Waals surface area contributed by atoms with E-state index in [2.05, 4.69) is 18.2 Å². The Bertz CT molecular complexity index is 751. The highest BCUT2D eigenvalue weighted by atomic mass is 16.5. The van der Waals surface area contributed by atoms with Crippen LogP contribution in [0.1, 0.15) is 60.0 Å². The summed E-state index contributed by atoms with van der Waals surface area (Å²) >= 11 is 0. The molecule has 0 bridgehead atoms. The first kappa shape index (κ1) is 17.5. The van der Waals surface area contributed by atoms with Gasteiger partial charge in [0.05, 0.1) is 24.9 Å². The van der Waals surface area contributed by atoms with Crippen molar-refractivity contribution in [3.63, 3.8) is 0 Å². The van der Waals surface area contributed by atoms with E-state index in [0.717, 1.165) is 12.0 Å². The van der Waals surface area contributed by atoms with Crippen LogP contribution in [-0.4, -0.2) is 34.1 Å². The van der Waals surface area contributed by atoms with Gasteiger partial charge >= 0.3 is 0 Å². The lowest BCUT2D eigenvalue weighted by atomic mass is 9.90. The largest absolute Gasteiger partial charge is 0.508 e. The third-order valence-electron chi connectivity index (χ3n) is 5.47. The molecule has 3 N–H and O–H groups in total. The van der Waals surface area contributed by atoms with Gasteiger partial charge < -0.3 is 20.1 Å². The molecule has 2 aliphatic rings. The van der Waals surface area contributed by atoms with Gasteiger partial charge in [0.2, 0.25) is 0 Å². The minimum Gasteiger partial charge on any atom is -0.508 e. The first-order valence-electron chi connectivity index (χ1n) is 9.47. The van der Waals surface area contributed by atoms with Crippen molar-refractivity contribution >= 4 is 0 Å². The van der Waals surface area contributed by atoms with E-state index in [1.807, 2.05) is 12.1 Å². The van der Waals surface area contributed by atoms with Crippen molar-refractivity contribution in [2.24, 2.45) is 0 Å². The van der Waals surface area contributed by atoms with Crippen LogP contribution < -0.4 is 0 Å². The molecule has 1 saturated carbocycles. The van der Waals surface area contributed by atoms with Crippen LogP contribution in [0, 0.1) is 0 Å². The molecule has 1 aliphatic carbocycles. The standard InChI is InChI=1S/C22H26O4/c23-13-20-11-19(25)12-22(26-20)16-5-8-21(15-3-4-15)17(10-16)9-14-1-6-18(24)7-2-14/h1-2,5-8,10,15,19-20,22-25H,3-4,9,11-13H2/t19-,20-,22?/m0/s1. The van der Waals surface area contributed by atoms with E-state index < -0.39 is 6.10 Å². The van der Waals surface area contributed by atoms with Crippen LogP contribution in [0.3, 0.4) is 0 Å². The summed E-state index contributed by atoms with van der Waals surface area (Å²) in [5.74, 6) is 0.934. The van der Waals surface area contributed by atoms with Gasteiger partial charge in [-0.1, -0.05) is 30.3 Å². The lowest BCUT2D eigenvalue weighted by molar-refractivity contribution is -0.113. The topological polar surface area (TPSA) is 69.9 Å². The van der Waals surface area contributed by atoms with Gasteiger partial charge in [-0.15, -0.1) is 0 Å². The van der Waals surface area contributed by atoms with Crippen molar-refractivity contribution in [3.8, 4) is 5.75 Å². The van der Waals surface area contributed by atoms with E-state index >= 15 is 0 Å². The van der Waals surface area contributed by atoms with Gasteiger partial charge in [-0.25, -0.2) is 0 Å². The summed E-state index contributed by atoms with van der Waals surface area (Å²) in [6.07, 6.45) is 3.45. The molecule has 3 atom stereocenters. The average molecular weight is 354 g/mol. The molecule has 2 fully saturated rings. The average Bonchev–Trinajstić information content (AvgIpc) is 3.48. The summed E-state index contributed by atoms with van der Waals surface area (Å²) in [6, 6.07) is 13.9. The van der Waals surface area contributed by atoms with Crippen LogP contribution in [0.15, 0.2) is 42.5 Å². The van der Waals surface area contributed by atoms with Crippen LogP contribution in [0.2, 0.25) is 0 Å². The predicted octanol–water partition coefficient (Wildman–Crippen LogP) is 3.43. The molecular weight excluding hydrogens is 328 g/mol. The van der Waals surface area contributed by atoms with E-state index in [0.29, 0.717) is 18.8 Å². The smallest absolute Gasteiger partial charge is 0.115 e. The van der Waals surface area contributed by atoms with Gasteiger partial charge in [-0.05, 0) is 59.6 Å². The van der Waals surface area contributed by atoms with Gasteiger partial charge in [0.25, 0.3) is 0 Å². The first-order chi connectivity index (χ1) is 12.6. The fourth-order valence-electron chi connectivity index (χ4n) is 3.93. The maximum atomic E-state index is 10.1. The summed E-state index contributed by atoms with van der Waals surface area (Å²) in [5, 5.41) is 29.0. The van der Waals surface area contributed by atoms with E-state index in [1.54, 1.807) is 12.1 Å². The Morgan fingerprint density at radius 1 is 1.00 bits per heavy atom. The number of hydrogen-bond acceptors (Lipinski definition) is 4. The van der Waals surface area contributed by atoms with Gasteiger partial charge in [0.15, 0.2) is 0 Å². The number of rotatable bonds is 5. The van der Waals surface area contributed by atoms with Crippen LogP contribution in [0.4, 0.5) is 0 Å². The second-order valence-electron chi connectivity index (χ2n) is 7.63. The maximum absolute atomic E-state index is 10.1. The Labute approximate surface area is 154 Å². The van der Waals surface area contributed by atoms with Crippen molar-refractivity contribution < 1.29 is 20.1 Å². The molecule has 2 aromatic carbocycles. The predicted molar refractivity (Wildman–Crippen MR) is 99.3 cm³/mol. The Hall–Kier alpha value is -1.88. The summed E-state index contributed by atoms with van der Waals surface area (Å²) in [4.78, 5) is 0. The second-order valence-corrected chi connectivity index (χ2v) is 7.63. The fraction of sp³-hybridized carbons (Fsp3) is 0.455. The number of phenols is 1. The Balaban J connectivity index is 1.61. The third-order valence-corrected chi connectivity index (χ3v) is 5.47. The summed E-state index contributed by atoms with van der Waals surface area (Å²) < 4.78 is 5.99. The van der Waals surface area contributed by atoms with E-state index in [1.165, 1.54) is 29.5 Å². The Kier molecular flexibility index (Phi) is 4.98. The number of aliphatic hydroxyl groups excluding tert-OH is 2. The van der Waals surface area contributed by atoms with Crippen molar-refractivity contribution in [1.82, 2.24) is 0 Å². The fourth-order valence-corrected chi connectivity index (χ4v) is 3.93. The molecule has 138 valence electrons.